The lowest BCUT2D eigenvalue weighted by Crippen LogP contribution is -2.30. The number of rotatable bonds is 4. The molecule has 1 atom stereocenters. The summed E-state index contributed by atoms with van der Waals surface area (Å²) in [6, 6.07) is 0. The quantitative estimate of drug-likeness (QED) is 0.772. The largest absolute Gasteiger partial charge is 0.356 e. The van der Waals surface area contributed by atoms with Crippen molar-refractivity contribution in [3.8, 4) is 0 Å². The first kappa shape index (κ1) is 12.5. The van der Waals surface area contributed by atoms with Gasteiger partial charge in [0.05, 0.1) is 11.5 Å². The normalized spacial score (nSPS) is 24.3. The van der Waals surface area contributed by atoms with E-state index in [-0.39, 0.29) is 23.3 Å². The SMILES string of the molecule is CC(C)CC(=O)NCC1CCS(=O)(=O)C1. The van der Waals surface area contributed by atoms with Crippen LogP contribution in [0.5, 0.6) is 0 Å². The zero-order valence-electron chi connectivity index (χ0n) is 9.32. The number of nitrogens with one attached hydrogen (secondary N) is 1. The summed E-state index contributed by atoms with van der Waals surface area (Å²) >= 11 is 0. The number of hydrogen-bond acceptors (Lipinski definition) is 3. The summed E-state index contributed by atoms with van der Waals surface area (Å²) in [5.41, 5.74) is 0. The van der Waals surface area contributed by atoms with E-state index in [0.29, 0.717) is 25.3 Å². The average Bonchev–Trinajstić information content (AvgIpc) is 2.41. The van der Waals surface area contributed by atoms with Gasteiger partial charge in [-0.1, -0.05) is 13.8 Å². The predicted molar refractivity (Wildman–Crippen MR) is 59.2 cm³/mol. The van der Waals surface area contributed by atoms with Crippen LogP contribution < -0.4 is 5.32 Å². The number of carbonyl (C=O) groups excluding carboxylic acids is 1. The molecule has 1 rings (SSSR count). The van der Waals surface area contributed by atoms with Crippen molar-refractivity contribution in [1.29, 1.82) is 0 Å². The summed E-state index contributed by atoms with van der Waals surface area (Å²) in [7, 11) is -2.82. The Morgan fingerprint density at radius 3 is 2.60 bits per heavy atom. The van der Waals surface area contributed by atoms with Gasteiger partial charge in [-0.3, -0.25) is 4.79 Å². The highest BCUT2D eigenvalue weighted by atomic mass is 32.2. The van der Waals surface area contributed by atoms with Crippen molar-refractivity contribution in [2.45, 2.75) is 26.7 Å². The molecule has 0 bridgehead atoms. The maximum absolute atomic E-state index is 11.3. The van der Waals surface area contributed by atoms with E-state index in [9.17, 15) is 13.2 Å². The monoisotopic (exact) mass is 233 g/mol. The molecular weight excluding hydrogens is 214 g/mol. The summed E-state index contributed by atoms with van der Waals surface area (Å²) in [5, 5.41) is 2.79. The highest BCUT2D eigenvalue weighted by Gasteiger charge is 2.27. The van der Waals surface area contributed by atoms with Gasteiger partial charge in [0, 0.05) is 13.0 Å². The lowest BCUT2D eigenvalue weighted by molar-refractivity contribution is -0.121. The van der Waals surface area contributed by atoms with Gasteiger partial charge in [-0.05, 0) is 18.3 Å². The topological polar surface area (TPSA) is 63.2 Å². The summed E-state index contributed by atoms with van der Waals surface area (Å²) in [4.78, 5) is 11.3. The van der Waals surface area contributed by atoms with Crippen LogP contribution in [0.4, 0.5) is 0 Å². The van der Waals surface area contributed by atoms with Gasteiger partial charge in [0.1, 0.15) is 0 Å². The summed E-state index contributed by atoms with van der Waals surface area (Å²) in [6.07, 6.45) is 1.20. The minimum Gasteiger partial charge on any atom is -0.356 e. The molecule has 5 heteroatoms. The molecule has 88 valence electrons. The van der Waals surface area contributed by atoms with E-state index in [2.05, 4.69) is 5.32 Å². The smallest absolute Gasteiger partial charge is 0.220 e. The van der Waals surface area contributed by atoms with Gasteiger partial charge in [-0.2, -0.15) is 0 Å². The van der Waals surface area contributed by atoms with Gasteiger partial charge in [0.15, 0.2) is 9.84 Å². The van der Waals surface area contributed by atoms with Crippen molar-refractivity contribution in [3.05, 3.63) is 0 Å². The first-order valence-electron chi connectivity index (χ1n) is 5.36. The maximum atomic E-state index is 11.3. The molecule has 0 aliphatic carbocycles. The third-order valence-electron chi connectivity index (χ3n) is 2.51. The van der Waals surface area contributed by atoms with Gasteiger partial charge in [0.2, 0.25) is 5.91 Å². The zero-order valence-corrected chi connectivity index (χ0v) is 10.1. The Bertz CT molecular complexity index is 322. The Hall–Kier alpha value is -0.580. The predicted octanol–water partition coefficient (Wildman–Crippen LogP) is 0.583. The fourth-order valence-electron chi connectivity index (χ4n) is 1.73. The van der Waals surface area contributed by atoms with Crippen molar-refractivity contribution in [1.82, 2.24) is 5.32 Å². The Labute approximate surface area is 91.4 Å². The lowest BCUT2D eigenvalue weighted by atomic mass is 10.1. The molecular formula is C10H19NO3S. The minimum absolute atomic E-state index is 0.0225. The molecule has 1 aliphatic rings. The number of sulfone groups is 1. The van der Waals surface area contributed by atoms with Crippen LogP contribution in [0.3, 0.4) is 0 Å². The number of amides is 1. The van der Waals surface area contributed by atoms with E-state index in [1.807, 2.05) is 13.8 Å². The van der Waals surface area contributed by atoms with Crippen LogP contribution in [0.2, 0.25) is 0 Å². The highest BCUT2D eigenvalue weighted by molar-refractivity contribution is 7.91. The summed E-state index contributed by atoms with van der Waals surface area (Å²) in [6.45, 7) is 4.48. The van der Waals surface area contributed by atoms with Gasteiger partial charge >= 0.3 is 0 Å². The van der Waals surface area contributed by atoms with Crippen molar-refractivity contribution in [2.75, 3.05) is 18.1 Å². The first-order chi connectivity index (χ1) is 6.89. The molecule has 1 amide bonds. The minimum atomic E-state index is -2.82. The molecule has 0 aromatic rings. The molecule has 1 heterocycles. The Morgan fingerprint density at radius 2 is 2.13 bits per heavy atom. The Balaban J connectivity index is 2.24. The molecule has 0 aromatic heterocycles. The van der Waals surface area contributed by atoms with Gasteiger partial charge < -0.3 is 5.32 Å². The molecule has 0 radical (unpaired) electrons. The van der Waals surface area contributed by atoms with E-state index < -0.39 is 9.84 Å². The van der Waals surface area contributed by atoms with Crippen molar-refractivity contribution in [2.24, 2.45) is 11.8 Å². The molecule has 0 spiro atoms. The fraction of sp³-hybridized carbons (Fsp3) is 0.900. The molecule has 1 fully saturated rings. The van der Waals surface area contributed by atoms with E-state index in [4.69, 9.17) is 0 Å². The van der Waals surface area contributed by atoms with Crippen LogP contribution in [-0.4, -0.2) is 32.4 Å². The van der Waals surface area contributed by atoms with Crippen LogP contribution in [0.25, 0.3) is 0 Å². The standard InChI is InChI=1S/C10H19NO3S/c1-8(2)5-10(12)11-6-9-3-4-15(13,14)7-9/h8-9H,3-7H2,1-2H3,(H,11,12). The second-order valence-corrected chi connectivity index (χ2v) is 6.90. The molecule has 1 saturated heterocycles. The molecule has 0 saturated carbocycles. The second-order valence-electron chi connectivity index (χ2n) is 4.67. The molecule has 1 N–H and O–H groups in total. The third kappa shape index (κ3) is 4.64. The maximum Gasteiger partial charge on any atom is 0.220 e. The number of hydrogen-bond donors (Lipinski definition) is 1. The van der Waals surface area contributed by atoms with Crippen molar-refractivity contribution >= 4 is 15.7 Å². The van der Waals surface area contributed by atoms with E-state index >= 15 is 0 Å². The van der Waals surface area contributed by atoms with Crippen molar-refractivity contribution < 1.29 is 13.2 Å². The van der Waals surface area contributed by atoms with Gasteiger partial charge in [-0.25, -0.2) is 8.42 Å². The van der Waals surface area contributed by atoms with Crippen LogP contribution >= 0.6 is 0 Å². The Morgan fingerprint density at radius 1 is 1.47 bits per heavy atom. The molecule has 4 nitrogen and oxygen atoms in total. The Kier molecular flexibility index (Phi) is 4.13. The second kappa shape index (κ2) is 4.96. The van der Waals surface area contributed by atoms with E-state index in [0.717, 1.165) is 0 Å². The third-order valence-corrected chi connectivity index (χ3v) is 4.35. The van der Waals surface area contributed by atoms with Crippen molar-refractivity contribution in [3.63, 3.8) is 0 Å². The van der Waals surface area contributed by atoms with E-state index in [1.165, 1.54) is 0 Å². The lowest BCUT2D eigenvalue weighted by Gasteiger charge is -2.10. The summed E-state index contributed by atoms with van der Waals surface area (Å²) in [5.74, 6) is 0.991. The zero-order chi connectivity index (χ0) is 11.5. The van der Waals surface area contributed by atoms with Crippen LogP contribution in [0.15, 0.2) is 0 Å². The van der Waals surface area contributed by atoms with Gasteiger partial charge in [0.25, 0.3) is 0 Å². The molecule has 0 aromatic carbocycles. The number of carbonyl (C=O) groups is 1. The van der Waals surface area contributed by atoms with E-state index in [1.54, 1.807) is 0 Å². The fourth-order valence-corrected chi connectivity index (χ4v) is 3.60. The molecule has 15 heavy (non-hydrogen) atoms. The first-order valence-corrected chi connectivity index (χ1v) is 7.18. The average molecular weight is 233 g/mol. The summed E-state index contributed by atoms with van der Waals surface area (Å²) < 4.78 is 22.3. The van der Waals surface area contributed by atoms with Crippen LogP contribution in [-0.2, 0) is 14.6 Å². The van der Waals surface area contributed by atoms with Gasteiger partial charge in [-0.15, -0.1) is 0 Å². The molecule has 1 unspecified atom stereocenters. The highest BCUT2D eigenvalue weighted by Crippen LogP contribution is 2.17. The molecule has 1 aliphatic heterocycles. The van der Waals surface area contributed by atoms with Crippen LogP contribution in [0.1, 0.15) is 26.7 Å². The van der Waals surface area contributed by atoms with Crippen LogP contribution in [0, 0.1) is 11.8 Å².